The van der Waals surface area contributed by atoms with Crippen molar-refractivity contribution in [1.29, 1.82) is 0 Å². The molecule has 0 unspecified atom stereocenters. The summed E-state index contributed by atoms with van der Waals surface area (Å²) in [5, 5.41) is 12.0. The predicted octanol–water partition coefficient (Wildman–Crippen LogP) is 1.96. The molecule has 0 saturated heterocycles. The zero-order valence-electron chi connectivity index (χ0n) is 11.3. The minimum Gasteiger partial charge on any atom is -0.481 e. The minimum absolute atomic E-state index is 0.0169. The number of carbonyl (C=O) groups is 2. The van der Waals surface area contributed by atoms with Gasteiger partial charge in [0, 0.05) is 12.1 Å². The van der Waals surface area contributed by atoms with Crippen LogP contribution in [-0.4, -0.2) is 17.0 Å². The average Bonchev–Trinajstić information content (AvgIpc) is 3.06. The van der Waals surface area contributed by atoms with E-state index in [1.165, 1.54) is 6.07 Å². The van der Waals surface area contributed by atoms with Crippen LogP contribution in [0.4, 0.5) is 4.39 Å². The van der Waals surface area contributed by atoms with Gasteiger partial charge in [0.2, 0.25) is 5.91 Å². The number of allylic oxidation sites excluding steroid dienone is 2. The van der Waals surface area contributed by atoms with Gasteiger partial charge in [-0.1, -0.05) is 30.4 Å². The number of aliphatic carboxylic acids is 1. The quantitative estimate of drug-likeness (QED) is 0.833. The number of hydrogen-bond acceptors (Lipinski definition) is 2. The molecule has 2 N–H and O–H groups in total. The van der Waals surface area contributed by atoms with Crippen molar-refractivity contribution in [2.45, 2.75) is 13.0 Å². The standard InChI is InChI=1S/C16H16FNO3/c17-12-4-2-1-3-11(12)8-18-15(19)13-9-5-6-10(7-9)14(13)16(20)21/h1-6,9-10,13-14H,7-8H2,(H,18,19)(H,20,21)/t9-,10-,13-,14-/m0/s1. The Morgan fingerprint density at radius 1 is 1.19 bits per heavy atom. The van der Waals surface area contributed by atoms with Gasteiger partial charge < -0.3 is 10.4 Å². The summed E-state index contributed by atoms with van der Waals surface area (Å²) < 4.78 is 13.5. The third-order valence-corrected chi connectivity index (χ3v) is 4.46. The van der Waals surface area contributed by atoms with Crippen molar-refractivity contribution in [3.63, 3.8) is 0 Å². The Kier molecular flexibility index (Phi) is 3.49. The van der Waals surface area contributed by atoms with E-state index in [-0.39, 0.29) is 30.1 Å². The Hall–Kier alpha value is -2.17. The molecule has 1 saturated carbocycles. The number of carboxylic acid groups (broad SMARTS) is 1. The highest BCUT2D eigenvalue weighted by molar-refractivity contribution is 5.86. The Balaban J connectivity index is 1.69. The zero-order valence-corrected chi connectivity index (χ0v) is 11.3. The molecule has 1 aromatic carbocycles. The van der Waals surface area contributed by atoms with Crippen LogP contribution in [0.2, 0.25) is 0 Å². The maximum Gasteiger partial charge on any atom is 0.307 e. The molecular weight excluding hydrogens is 273 g/mol. The van der Waals surface area contributed by atoms with Crippen molar-refractivity contribution in [2.75, 3.05) is 0 Å². The predicted molar refractivity (Wildman–Crippen MR) is 73.6 cm³/mol. The lowest BCUT2D eigenvalue weighted by Gasteiger charge is -2.23. The van der Waals surface area contributed by atoms with Crippen LogP contribution in [0.15, 0.2) is 36.4 Å². The van der Waals surface area contributed by atoms with Crippen molar-refractivity contribution in [1.82, 2.24) is 5.32 Å². The van der Waals surface area contributed by atoms with Crippen LogP contribution in [0, 0.1) is 29.5 Å². The fourth-order valence-electron chi connectivity index (χ4n) is 3.46. The Morgan fingerprint density at radius 3 is 2.52 bits per heavy atom. The van der Waals surface area contributed by atoms with Gasteiger partial charge in [-0.15, -0.1) is 0 Å². The summed E-state index contributed by atoms with van der Waals surface area (Å²) in [6.45, 7) is 0.0788. The number of amides is 1. The van der Waals surface area contributed by atoms with E-state index in [1.54, 1.807) is 18.2 Å². The average molecular weight is 289 g/mol. The number of carboxylic acids is 1. The molecule has 2 aliphatic rings. The van der Waals surface area contributed by atoms with Gasteiger partial charge >= 0.3 is 5.97 Å². The largest absolute Gasteiger partial charge is 0.481 e. The smallest absolute Gasteiger partial charge is 0.307 e. The van der Waals surface area contributed by atoms with E-state index >= 15 is 0 Å². The highest BCUT2D eigenvalue weighted by atomic mass is 19.1. The number of fused-ring (bicyclic) bond motifs is 2. The lowest BCUT2D eigenvalue weighted by molar-refractivity contribution is -0.147. The van der Waals surface area contributed by atoms with Crippen molar-refractivity contribution in [3.05, 3.63) is 47.8 Å². The molecule has 1 fully saturated rings. The summed E-state index contributed by atoms with van der Waals surface area (Å²) >= 11 is 0. The Bertz CT molecular complexity index is 613. The van der Waals surface area contributed by atoms with Gasteiger partial charge in [0.05, 0.1) is 11.8 Å². The molecule has 21 heavy (non-hydrogen) atoms. The lowest BCUT2D eigenvalue weighted by atomic mass is 9.82. The number of benzene rings is 1. The van der Waals surface area contributed by atoms with E-state index in [9.17, 15) is 19.1 Å². The monoisotopic (exact) mass is 289 g/mol. The fourth-order valence-corrected chi connectivity index (χ4v) is 3.46. The first-order valence-electron chi connectivity index (χ1n) is 7.00. The number of carbonyl (C=O) groups excluding carboxylic acids is 1. The molecule has 0 heterocycles. The van der Waals surface area contributed by atoms with E-state index < -0.39 is 17.8 Å². The van der Waals surface area contributed by atoms with Gasteiger partial charge in [-0.2, -0.15) is 0 Å². The third kappa shape index (κ3) is 2.44. The van der Waals surface area contributed by atoms with Crippen molar-refractivity contribution in [3.8, 4) is 0 Å². The van der Waals surface area contributed by atoms with Crippen LogP contribution >= 0.6 is 0 Å². The second kappa shape index (κ2) is 5.31. The van der Waals surface area contributed by atoms with E-state index in [0.717, 1.165) is 6.42 Å². The normalized spacial score (nSPS) is 29.6. The molecule has 1 aromatic rings. The van der Waals surface area contributed by atoms with Gasteiger partial charge in [-0.3, -0.25) is 9.59 Å². The van der Waals surface area contributed by atoms with Crippen molar-refractivity contribution < 1.29 is 19.1 Å². The van der Waals surface area contributed by atoms with E-state index in [0.29, 0.717) is 5.56 Å². The zero-order chi connectivity index (χ0) is 15.0. The number of nitrogens with one attached hydrogen (secondary N) is 1. The summed E-state index contributed by atoms with van der Waals surface area (Å²) in [7, 11) is 0. The molecule has 4 nitrogen and oxygen atoms in total. The van der Waals surface area contributed by atoms with Gasteiger partial charge in [-0.05, 0) is 24.3 Å². The number of rotatable bonds is 4. The van der Waals surface area contributed by atoms with Crippen LogP contribution in [0.25, 0.3) is 0 Å². The number of halogens is 1. The SMILES string of the molecule is O=C(O)[C@@H]1[C@@H](C(=O)NCc2ccccc2F)[C@H]2C=C[C@H]1C2. The van der Waals surface area contributed by atoms with E-state index in [1.807, 2.05) is 12.2 Å². The maximum absolute atomic E-state index is 13.5. The lowest BCUT2D eigenvalue weighted by Crippen LogP contribution is -2.40. The molecule has 5 heteroatoms. The molecule has 110 valence electrons. The first-order chi connectivity index (χ1) is 10.1. The fraction of sp³-hybridized carbons (Fsp3) is 0.375. The van der Waals surface area contributed by atoms with Crippen LogP contribution < -0.4 is 5.32 Å². The number of hydrogen-bond donors (Lipinski definition) is 2. The second-order valence-corrected chi connectivity index (χ2v) is 5.65. The molecule has 0 aliphatic heterocycles. The molecule has 0 radical (unpaired) electrons. The molecule has 2 bridgehead atoms. The van der Waals surface area contributed by atoms with Gasteiger partial charge in [-0.25, -0.2) is 4.39 Å². The maximum atomic E-state index is 13.5. The van der Waals surface area contributed by atoms with Gasteiger partial charge in [0.15, 0.2) is 0 Å². The van der Waals surface area contributed by atoms with Crippen LogP contribution in [0.5, 0.6) is 0 Å². The molecular formula is C16H16FNO3. The van der Waals surface area contributed by atoms with Crippen LogP contribution in [0.1, 0.15) is 12.0 Å². The second-order valence-electron chi connectivity index (χ2n) is 5.65. The molecule has 0 aromatic heterocycles. The summed E-state index contributed by atoms with van der Waals surface area (Å²) in [6, 6.07) is 6.22. The highest BCUT2D eigenvalue weighted by Crippen LogP contribution is 2.48. The first-order valence-corrected chi connectivity index (χ1v) is 7.00. The van der Waals surface area contributed by atoms with Crippen molar-refractivity contribution in [2.24, 2.45) is 23.7 Å². The van der Waals surface area contributed by atoms with Crippen molar-refractivity contribution >= 4 is 11.9 Å². The van der Waals surface area contributed by atoms with Crippen LogP contribution in [0.3, 0.4) is 0 Å². The summed E-state index contributed by atoms with van der Waals surface area (Å²) in [6.07, 6.45) is 4.54. The summed E-state index contributed by atoms with van der Waals surface area (Å²) in [5.74, 6) is -2.90. The Labute approximate surface area is 121 Å². The molecule has 0 spiro atoms. The van der Waals surface area contributed by atoms with Crippen LogP contribution in [-0.2, 0) is 16.1 Å². The first kappa shape index (κ1) is 13.8. The molecule has 3 rings (SSSR count). The third-order valence-electron chi connectivity index (χ3n) is 4.46. The van der Waals surface area contributed by atoms with E-state index in [2.05, 4.69) is 5.32 Å². The van der Waals surface area contributed by atoms with Gasteiger partial charge in [0.1, 0.15) is 5.82 Å². The minimum atomic E-state index is -0.933. The molecule has 2 aliphatic carbocycles. The summed E-state index contributed by atoms with van der Waals surface area (Å²) in [5.41, 5.74) is 0.399. The summed E-state index contributed by atoms with van der Waals surface area (Å²) in [4.78, 5) is 23.7. The van der Waals surface area contributed by atoms with Gasteiger partial charge in [0.25, 0.3) is 0 Å². The molecule has 4 atom stereocenters. The molecule has 1 amide bonds. The topological polar surface area (TPSA) is 66.4 Å². The highest BCUT2D eigenvalue weighted by Gasteiger charge is 2.51. The Morgan fingerprint density at radius 2 is 1.86 bits per heavy atom. The van der Waals surface area contributed by atoms with E-state index in [4.69, 9.17) is 0 Å².